The molecule has 0 aliphatic heterocycles. The van der Waals surface area contributed by atoms with Crippen molar-refractivity contribution in [3.05, 3.63) is 53.1 Å². The van der Waals surface area contributed by atoms with Crippen molar-refractivity contribution in [2.45, 2.75) is 6.18 Å². The summed E-state index contributed by atoms with van der Waals surface area (Å²) >= 11 is 0. The van der Waals surface area contributed by atoms with E-state index in [1.165, 1.54) is 17.9 Å². The molecule has 19 heavy (non-hydrogen) atoms. The lowest BCUT2D eigenvalue weighted by molar-refractivity contribution is -0.137. The third-order valence-electron chi connectivity index (χ3n) is 2.50. The molecule has 0 bridgehead atoms. The van der Waals surface area contributed by atoms with Crippen LogP contribution in [-0.4, -0.2) is 15.6 Å². The Morgan fingerprint density at radius 3 is 2.53 bits per heavy atom. The molecule has 0 aliphatic rings. The average Bonchev–Trinajstić information content (AvgIpc) is 2.73. The van der Waals surface area contributed by atoms with Crippen LogP contribution in [0.3, 0.4) is 0 Å². The molecule has 1 heterocycles. The molecule has 0 amide bonds. The summed E-state index contributed by atoms with van der Waals surface area (Å²) in [5, 5.41) is 3.70. The largest absolute Gasteiger partial charge is 0.417 e. The van der Waals surface area contributed by atoms with E-state index in [0.29, 0.717) is 18.2 Å². The van der Waals surface area contributed by atoms with Crippen LogP contribution in [0.4, 0.5) is 17.6 Å². The number of rotatable bonds is 2. The fraction of sp³-hybridized carbons (Fsp3) is 0.167. The molecule has 0 aliphatic carbocycles. The summed E-state index contributed by atoms with van der Waals surface area (Å²) in [4.78, 5) is 12.0. The first-order valence-corrected chi connectivity index (χ1v) is 5.19. The van der Waals surface area contributed by atoms with E-state index in [-0.39, 0.29) is 5.56 Å². The van der Waals surface area contributed by atoms with Crippen LogP contribution in [0, 0.1) is 5.82 Å². The van der Waals surface area contributed by atoms with Crippen molar-refractivity contribution in [2.24, 2.45) is 7.05 Å². The Morgan fingerprint density at radius 2 is 2.00 bits per heavy atom. The van der Waals surface area contributed by atoms with Gasteiger partial charge in [-0.25, -0.2) is 4.39 Å². The van der Waals surface area contributed by atoms with E-state index in [0.717, 1.165) is 6.20 Å². The van der Waals surface area contributed by atoms with Gasteiger partial charge in [0.2, 0.25) is 0 Å². The average molecular weight is 272 g/mol. The maximum atomic E-state index is 13.1. The second kappa shape index (κ2) is 4.49. The van der Waals surface area contributed by atoms with Gasteiger partial charge >= 0.3 is 6.18 Å². The minimum absolute atomic E-state index is 0.0291. The molecule has 0 radical (unpaired) electrons. The third kappa shape index (κ3) is 2.64. The number of nitrogens with zero attached hydrogens (tertiary/aromatic N) is 2. The number of carbonyl (C=O) groups excluding carboxylic acids is 1. The molecule has 3 nitrogen and oxygen atoms in total. The highest BCUT2D eigenvalue weighted by atomic mass is 19.4. The molecule has 0 unspecified atom stereocenters. The molecule has 0 fully saturated rings. The Morgan fingerprint density at radius 1 is 1.32 bits per heavy atom. The molecule has 100 valence electrons. The number of hydrogen-bond acceptors (Lipinski definition) is 2. The van der Waals surface area contributed by atoms with Crippen LogP contribution < -0.4 is 0 Å². The summed E-state index contributed by atoms with van der Waals surface area (Å²) in [6.07, 6.45) is -2.32. The highest BCUT2D eigenvalue weighted by Crippen LogP contribution is 2.33. The van der Waals surface area contributed by atoms with Gasteiger partial charge in [0.05, 0.1) is 17.3 Å². The highest BCUT2D eigenvalue weighted by molar-refractivity contribution is 6.09. The predicted octanol–water partition coefficient (Wildman–Crippen LogP) is 2.81. The van der Waals surface area contributed by atoms with Gasteiger partial charge in [0, 0.05) is 18.8 Å². The maximum absolute atomic E-state index is 13.1. The Hall–Kier alpha value is -2.18. The SMILES string of the molecule is Cn1cc(C(=O)c2cc(F)ccc2C(F)(F)F)cn1. The molecule has 0 N–H and O–H groups in total. The van der Waals surface area contributed by atoms with Gasteiger partial charge in [0.15, 0.2) is 5.78 Å². The topological polar surface area (TPSA) is 34.9 Å². The quantitative estimate of drug-likeness (QED) is 0.622. The summed E-state index contributed by atoms with van der Waals surface area (Å²) in [7, 11) is 1.52. The molecule has 0 spiro atoms. The van der Waals surface area contributed by atoms with Crippen LogP contribution >= 0.6 is 0 Å². The molecule has 0 saturated heterocycles. The molecule has 7 heteroatoms. The Bertz CT molecular complexity index is 631. The third-order valence-corrected chi connectivity index (χ3v) is 2.50. The second-order valence-electron chi connectivity index (χ2n) is 3.92. The van der Waals surface area contributed by atoms with Gasteiger partial charge < -0.3 is 0 Å². The van der Waals surface area contributed by atoms with E-state index in [1.807, 2.05) is 0 Å². The van der Waals surface area contributed by atoms with Crippen molar-refractivity contribution >= 4 is 5.78 Å². The first kappa shape index (κ1) is 13.3. The minimum atomic E-state index is -4.72. The fourth-order valence-corrected chi connectivity index (χ4v) is 1.65. The normalized spacial score (nSPS) is 11.6. The first-order chi connectivity index (χ1) is 8.79. The Kier molecular flexibility index (Phi) is 3.13. The number of benzene rings is 1. The Balaban J connectivity index is 2.55. The second-order valence-corrected chi connectivity index (χ2v) is 3.92. The summed E-state index contributed by atoms with van der Waals surface area (Å²) in [5.41, 5.74) is -1.91. The number of ketones is 1. The summed E-state index contributed by atoms with van der Waals surface area (Å²) < 4.78 is 52.7. The van der Waals surface area contributed by atoms with Crippen LogP contribution in [0.1, 0.15) is 21.5 Å². The van der Waals surface area contributed by atoms with E-state index in [2.05, 4.69) is 5.10 Å². The monoisotopic (exact) mass is 272 g/mol. The predicted molar refractivity (Wildman–Crippen MR) is 58.0 cm³/mol. The molecule has 1 aromatic heterocycles. The van der Waals surface area contributed by atoms with E-state index in [1.54, 1.807) is 0 Å². The zero-order chi connectivity index (χ0) is 14.2. The number of hydrogen-bond donors (Lipinski definition) is 0. The molecule has 1 aromatic carbocycles. The van der Waals surface area contributed by atoms with Gasteiger partial charge in [-0.2, -0.15) is 18.3 Å². The van der Waals surface area contributed by atoms with Crippen molar-refractivity contribution in [1.82, 2.24) is 9.78 Å². The van der Waals surface area contributed by atoms with Gasteiger partial charge in [-0.1, -0.05) is 0 Å². The highest BCUT2D eigenvalue weighted by Gasteiger charge is 2.35. The minimum Gasteiger partial charge on any atom is -0.288 e. The lowest BCUT2D eigenvalue weighted by Gasteiger charge is -2.11. The zero-order valence-electron chi connectivity index (χ0n) is 9.70. The lowest BCUT2D eigenvalue weighted by atomic mass is 10.00. The summed E-state index contributed by atoms with van der Waals surface area (Å²) in [5.74, 6) is -1.82. The van der Waals surface area contributed by atoms with Crippen molar-refractivity contribution < 1.29 is 22.4 Å². The van der Waals surface area contributed by atoms with Crippen LogP contribution in [0.2, 0.25) is 0 Å². The van der Waals surface area contributed by atoms with Crippen LogP contribution in [0.5, 0.6) is 0 Å². The number of carbonyl (C=O) groups is 1. The maximum Gasteiger partial charge on any atom is 0.417 e. The van der Waals surface area contributed by atoms with Crippen LogP contribution in [0.15, 0.2) is 30.6 Å². The van der Waals surface area contributed by atoms with Gasteiger partial charge in [0.1, 0.15) is 5.82 Å². The van der Waals surface area contributed by atoms with E-state index >= 15 is 0 Å². The molecule has 2 aromatic rings. The van der Waals surface area contributed by atoms with Crippen LogP contribution in [-0.2, 0) is 13.2 Å². The number of alkyl halides is 3. The standard InChI is InChI=1S/C12H8F4N2O/c1-18-6-7(5-17-18)11(19)9-4-8(13)2-3-10(9)12(14,15)16/h2-6H,1H3. The summed E-state index contributed by atoms with van der Waals surface area (Å²) in [6, 6.07) is 1.81. The lowest BCUT2D eigenvalue weighted by Crippen LogP contribution is -2.14. The molecule has 0 saturated carbocycles. The number of aromatic nitrogens is 2. The molecular formula is C12H8F4N2O. The zero-order valence-corrected chi connectivity index (χ0v) is 9.70. The Labute approximate surface area is 105 Å². The van der Waals surface area contributed by atoms with Gasteiger partial charge in [0.25, 0.3) is 0 Å². The fourth-order valence-electron chi connectivity index (χ4n) is 1.65. The molecular weight excluding hydrogens is 264 g/mol. The molecule has 2 rings (SSSR count). The van der Waals surface area contributed by atoms with Gasteiger partial charge in [-0.3, -0.25) is 9.48 Å². The van der Waals surface area contributed by atoms with Crippen LogP contribution in [0.25, 0.3) is 0 Å². The smallest absolute Gasteiger partial charge is 0.288 e. The van der Waals surface area contributed by atoms with E-state index in [4.69, 9.17) is 0 Å². The first-order valence-electron chi connectivity index (χ1n) is 5.19. The van der Waals surface area contributed by atoms with Crippen molar-refractivity contribution in [3.63, 3.8) is 0 Å². The van der Waals surface area contributed by atoms with Crippen molar-refractivity contribution in [3.8, 4) is 0 Å². The summed E-state index contributed by atoms with van der Waals surface area (Å²) in [6.45, 7) is 0. The van der Waals surface area contributed by atoms with Crippen molar-refractivity contribution in [1.29, 1.82) is 0 Å². The van der Waals surface area contributed by atoms with E-state index < -0.39 is 28.9 Å². The number of halogens is 4. The number of aryl methyl sites for hydroxylation is 1. The van der Waals surface area contributed by atoms with Crippen molar-refractivity contribution in [2.75, 3.05) is 0 Å². The van der Waals surface area contributed by atoms with E-state index in [9.17, 15) is 22.4 Å². The van der Waals surface area contributed by atoms with Gasteiger partial charge in [-0.05, 0) is 18.2 Å². The van der Waals surface area contributed by atoms with Gasteiger partial charge in [-0.15, -0.1) is 0 Å². The molecule has 0 atom stereocenters.